The molecular formula is C16H23N5O2. The smallest absolute Gasteiger partial charge is 0.251 e. The minimum atomic E-state index is -0.0871. The third-order valence-corrected chi connectivity index (χ3v) is 3.33. The van der Waals surface area contributed by atoms with Crippen LogP contribution in [-0.4, -0.2) is 32.7 Å². The second-order valence-corrected chi connectivity index (χ2v) is 5.56. The molecule has 0 fully saturated rings. The van der Waals surface area contributed by atoms with Gasteiger partial charge in [0.25, 0.3) is 5.91 Å². The third-order valence-electron chi connectivity index (χ3n) is 3.33. The third kappa shape index (κ3) is 4.77. The van der Waals surface area contributed by atoms with E-state index in [0.717, 1.165) is 12.8 Å². The first-order valence-electron chi connectivity index (χ1n) is 7.89. The van der Waals surface area contributed by atoms with Gasteiger partial charge in [-0.3, -0.25) is 4.79 Å². The number of nitrogens with zero attached hydrogens (tertiary/aromatic N) is 4. The Morgan fingerprint density at radius 1 is 1.39 bits per heavy atom. The van der Waals surface area contributed by atoms with Crippen molar-refractivity contribution in [2.24, 2.45) is 0 Å². The van der Waals surface area contributed by atoms with Gasteiger partial charge >= 0.3 is 0 Å². The summed E-state index contributed by atoms with van der Waals surface area (Å²) < 4.78 is 7.42. The first-order valence-corrected chi connectivity index (χ1v) is 7.89. The topological polar surface area (TPSA) is 81.9 Å². The molecule has 2 rings (SSSR count). The standard InChI is InChI=1S/C16H23N5O2/c1-4-5-9-17-16(22)13-7-6-8-14(10-13)23-11-15-18-19-20-21(15)12(2)3/h6-8,10,12H,4-5,9,11H2,1-3H3,(H,17,22). The Morgan fingerprint density at radius 3 is 2.96 bits per heavy atom. The summed E-state index contributed by atoms with van der Waals surface area (Å²) in [5.74, 6) is 1.18. The van der Waals surface area contributed by atoms with Crippen molar-refractivity contribution in [1.82, 2.24) is 25.5 Å². The van der Waals surface area contributed by atoms with Crippen molar-refractivity contribution >= 4 is 5.91 Å². The van der Waals surface area contributed by atoms with Gasteiger partial charge in [-0.2, -0.15) is 0 Å². The molecule has 0 bridgehead atoms. The highest BCUT2D eigenvalue weighted by atomic mass is 16.5. The number of hydrogen-bond donors (Lipinski definition) is 1. The SMILES string of the molecule is CCCCNC(=O)c1cccc(OCc2nnnn2C(C)C)c1. The van der Waals surface area contributed by atoms with Gasteiger partial charge in [0.2, 0.25) is 0 Å². The van der Waals surface area contributed by atoms with Crippen LogP contribution in [0.3, 0.4) is 0 Å². The average Bonchev–Trinajstić information content (AvgIpc) is 3.02. The maximum Gasteiger partial charge on any atom is 0.251 e. The molecule has 7 heteroatoms. The zero-order valence-electron chi connectivity index (χ0n) is 13.8. The Balaban J connectivity index is 1.97. The maximum absolute atomic E-state index is 12.0. The first kappa shape index (κ1) is 16.9. The molecule has 1 aromatic heterocycles. The van der Waals surface area contributed by atoms with Gasteiger partial charge < -0.3 is 10.1 Å². The van der Waals surface area contributed by atoms with Crippen LogP contribution in [0.25, 0.3) is 0 Å². The Kier molecular flexibility index (Phi) is 6.08. The Labute approximate surface area is 136 Å². The fourth-order valence-electron chi connectivity index (χ4n) is 2.06. The lowest BCUT2D eigenvalue weighted by molar-refractivity contribution is 0.0952. The van der Waals surface area contributed by atoms with E-state index in [1.807, 2.05) is 19.9 Å². The van der Waals surface area contributed by atoms with E-state index < -0.39 is 0 Å². The summed E-state index contributed by atoms with van der Waals surface area (Å²) in [6.07, 6.45) is 2.02. The zero-order chi connectivity index (χ0) is 16.7. The summed E-state index contributed by atoms with van der Waals surface area (Å²) in [4.78, 5) is 12.0. The molecule has 2 aromatic rings. The van der Waals surface area contributed by atoms with Gasteiger partial charge in [-0.25, -0.2) is 4.68 Å². The van der Waals surface area contributed by atoms with Crippen LogP contribution in [0.4, 0.5) is 0 Å². The molecule has 23 heavy (non-hydrogen) atoms. The molecule has 0 spiro atoms. The highest BCUT2D eigenvalue weighted by Crippen LogP contribution is 2.15. The van der Waals surface area contributed by atoms with Gasteiger partial charge in [-0.05, 0) is 48.9 Å². The van der Waals surface area contributed by atoms with Crippen molar-refractivity contribution in [3.8, 4) is 5.75 Å². The lowest BCUT2D eigenvalue weighted by atomic mass is 10.2. The molecule has 0 aliphatic carbocycles. The van der Waals surface area contributed by atoms with Gasteiger partial charge in [0.15, 0.2) is 5.82 Å². The number of benzene rings is 1. The minimum Gasteiger partial charge on any atom is -0.486 e. The lowest BCUT2D eigenvalue weighted by Gasteiger charge is -2.10. The number of ether oxygens (including phenoxy) is 1. The summed E-state index contributed by atoms with van der Waals surface area (Å²) >= 11 is 0. The minimum absolute atomic E-state index is 0.0871. The van der Waals surface area contributed by atoms with Gasteiger partial charge in [-0.15, -0.1) is 5.10 Å². The number of unbranched alkanes of at least 4 members (excludes halogenated alkanes) is 1. The number of tetrazole rings is 1. The van der Waals surface area contributed by atoms with E-state index in [9.17, 15) is 4.79 Å². The van der Waals surface area contributed by atoms with Crippen molar-refractivity contribution in [3.63, 3.8) is 0 Å². The Morgan fingerprint density at radius 2 is 2.22 bits per heavy atom. The highest BCUT2D eigenvalue weighted by molar-refractivity contribution is 5.94. The van der Waals surface area contributed by atoms with E-state index in [4.69, 9.17) is 4.74 Å². The van der Waals surface area contributed by atoms with Crippen LogP contribution in [-0.2, 0) is 6.61 Å². The summed E-state index contributed by atoms with van der Waals surface area (Å²) in [5.41, 5.74) is 0.585. The highest BCUT2D eigenvalue weighted by Gasteiger charge is 2.11. The molecule has 0 saturated carbocycles. The van der Waals surface area contributed by atoms with Crippen molar-refractivity contribution in [1.29, 1.82) is 0 Å². The van der Waals surface area contributed by atoms with E-state index in [2.05, 4.69) is 27.8 Å². The molecule has 124 valence electrons. The van der Waals surface area contributed by atoms with Gasteiger partial charge in [0, 0.05) is 12.1 Å². The van der Waals surface area contributed by atoms with Crippen LogP contribution < -0.4 is 10.1 Å². The maximum atomic E-state index is 12.0. The summed E-state index contributed by atoms with van der Waals surface area (Å²) in [5, 5.41) is 14.4. The number of carbonyl (C=O) groups excluding carboxylic acids is 1. The number of aromatic nitrogens is 4. The Bertz CT molecular complexity index is 639. The molecule has 1 amide bonds. The molecule has 7 nitrogen and oxygen atoms in total. The van der Waals surface area contributed by atoms with Crippen LogP contribution in [0.1, 0.15) is 55.8 Å². The van der Waals surface area contributed by atoms with Gasteiger partial charge in [-0.1, -0.05) is 19.4 Å². The predicted molar refractivity (Wildman–Crippen MR) is 86.2 cm³/mol. The van der Waals surface area contributed by atoms with E-state index in [1.165, 1.54) is 0 Å². The number of amides is 1. The fourth-order valence-corrected chi connectivity index (χ4v) is 2.06. The summed E-state index contributed by atoms with van der Waals surface area (Å²) in [6, 6.07) is 7.28. The van der Waals surface area contributed by atoms with E-state index in [-0.39, 0.29) is 18.6 Å². The predicted octanol–water partition coefficient (Wildman–Crippen LogP) is 2.36. The van der Waals surface area contributed by atoms with Crippen LogP contribution in [0.2, 0.25) is 0 Å². The molecule has 0 saturated heterocycles. The van der Waals surface area contributed by atoms with Crippen LogP contribution in [0.5, 0.6) is 5.75 Å². The molecule has 0 aliphatic rings. The second-order valence-electron chi connectivity index (χ2n) is 5.56. The van der Waals surface area contributed by atoms with Crippen molar-refractivity contribution in [3.05, 3.63) is 35.7 Å². The van der Waals surface area contributed by atoms with E-state index >= 15 is 0 Å². The van der Waals surface area contributed by atoms with E-state index in [1.54, 1.807) is 22.9 Å². The van der Waals surface area contributed by atoms with Crippen LogP contribution >= 0.6 is 0 Å². The fraction of sp³-hybridized carbons (Fsp3) is 0.500. The van der Waals surface area contributed by atoms with Crippen molar-refractivity contribution in [2.75, 3.05) is 6.54 Å². The van der Waals surface area contributed by atoms with Gasteiger partial charge in [0.1, 0.15) is 12.4 Å². The first-order chi connectivity index (χ1) is 11.1. The average molecular weight is 317 g/mol. The van der Waals surface area contributed by atoms with Crippen LogP contribution in [0, 0.1) is 0 Å². The quantitative estimate of drug-likeness (QED) is 0.756. The second kappa shape index (κ2) is 8.26. The molecule has 0 aliphatic heterocycles. The van der Waals surface area contributed by atoms with Crippen molar-refractivity contribution in [2.45, 2.75) is 46.3 Å². The normalized spacial score (nSPS) is 10.8. The molecule has 0 radical (unpaired) electrons. The molecule has 0 atom stereocenters. The molecular weight excluding hydrogens is 294 g/mol. The molecule has 1 heterocycles. The molecule has 1 N–H and O–H groups in total. The molecule has 1 aromatic carbocycles. The number of carbonyl (C=O) groups is 1. The van der Waals surface area contributed by atoms with Gasteiger partial charge in [0.05, 0.1) is 6.04 Å². The summed E-state index contributed by atoms with van der Waals surface area (Å²) in [6.45, 7) is 7.03. The largest absolute Gasteiger partial charge is 0.486 e. The van der Waals surface area contributed by atoms with E-state index in [0.29, 0.717) is 23.7 Å². The lowest BCUT2D eigenvalue weighted by Crippen LogP contribution is -2.24. The summed E-state index contributed by atoms with van der Waals surface area (Å²) in [7, 11) is 0. The monoisotopic (exact) mass is 317 g/mol. The Hall–Kier alpha value is -2.44. The van der Waals surface area contributed by atoms with Crippen molar-refractivity contribution < 1.29 is 9.53 Å². The number of hydrogen-bond acceptors (Lipinski definition) is 5. The zero-order valence-corrected chi connectivity index (χ0v) is 13.8. The van der Waals surface area contributed by atoms with Crippen LogP contribution in [0.15, 0.2) is 24.3 Å². The molecule has 0 unspecified atom stereocenters. The number of nitrogens with one attached hydrogen (secondary N) is 1. The number of rotatable bonds is 8.